The topological polar surface area (TPSA) is 101 Å². The van der Waals surface area contributed by atoms with Gasteiger partial charge in [0.1, 0.15) is 11.6 Å². The molecule has 2 N–H and O–H groups in total. The van der Waals surface area contributed by atoms with Gasteiger partial charge < -0.3 is 14.8 Å². The Hall–Kier alpha value is -2.44. The molecule has 0 unspecified atom stereocenters. The number of carbonyl (C=O) groups excluding carboxylic acids is 1. The van der Waals surface area contributed by atoms with Crippen molar-refractivity contribution in [3.63, 3.8) is 0 Å². The van der Waals surface area contributed by atoms with Crippen LogP contribution in [0.3, 0.4) is 0 Å². The Bertz CT molecular complexity index is 617. The van der Waals surface area contributed by atoms with Crippen LogP contribution < -0.4 is 10.9 Å². The van der Waals surface area contributed by atoms with Crippen molar-refractivity contribution in [2.45, 2.75) is 19.9 Å². The summed E-state index contributed by atoms with van der Waals surface area (Å²) < 4.78 is 4.93. The zero-order chi connectivity index (χ0) is 13.1. The van der Waals surface area contributed by atoms with E-state index in [1.54, 1.807) is 19.9 Å². The lowest BCUT2D eigenvalue weighted by molar-refractivity contribution is 0.0931. The Morgan fingerprint density at radius 2 is 2.33 bits per heavy atom. The number of nitrogens with zero attached hydrogens (tertiary/aromatic N) is 2. The number of rotatable bonds is 3. The molecule has 0 aliphatic heterocycles. The van der Waals surface area contributed by atoms with Crippen LogP contribution in [0.15, 0.2) is 27.6 Å². The smallest absolute Gasteiger partial charge is 0.260 e. The van der Waals surface area contributed by atoms with Gasteiger partial charge in [0.2, 0.25) is 5.89 Å². The van der Waals surface area contributed by atoms with Gasteiger partial charge in [-0.1, -0.05) is 5.16 Å². The average Bonchev–Trinajstić information content (AvgIpc) is 2.76. The number of hydrogen-bond acceptors (Lipinski definition) is 5. The Morgan fingerprint density at radius 1 is 1.56 bits per heavy atom. The molecule has 7 heteroatoms. The lowest BCUT2D eigenvalue weighted by atomic mass is 10.2. The van der Waals surface area contributed by atoms with E-state index in [1.165, 1.54) is 12.3 Å². The van der Waals surface area contributed by atoms with Crippen LogP contribution in [0.1, 0.15) is 35.0 Å². The zero-order valence-corrected chi connectivity index (χ0v) is 9.93. The third-order valence-corrected chi connectivity index (χ3v) is 2.32. The second kappa shape index (κ2) is 4.82. The molecule has 18 heavy (non-hydrogen) atoms. The van der Waals surface area contributed by atoms with Crippen LogP contribution in [0.4, 0.5) is 0 Å². The van der Waals surface area contributed by atoms with E-state index in [0.717, 1.165) is 0 Å². The first kappa shape index (κ1) is 12.0. The first-order valence-corrected chi connectivity index (χ1v) is 5.36. The molecule has 2 rings (SSSR count). The van der Waals surface area contributed by atoms with Gasteiger partial charge in [-0.25, -0.2) is 0 Å². The molecule has 0 aliphatic rings. The molecule has 0 bridgehead atoms. The van der Waals surface area contributed by atoms with Crippen molar-refractivity contribution in [3.05, 3.63) is 46.0 Å². The molecule has 94 valence electrons. The minimum Gasteiger partial charge on any atom is -0.340 e. The van der Waals surface area contributed by atoms with E-state index < -0.39 is 17.5 Å². The molecule has 2 heterocycles. The molecule has 0 aliphatic carbocycles. The van der Waals surface area contributed by atoms with Crippen molar-refractivity contribution >= 4 is 5.91 Å². The lowest BCUT2D eigenvalue weighted by Gasteiger charge is -2.08. The van der Waals surface area contributed by atoms with E-state index >= 15 is 0 Å². The maximum atomic E-state index is 11.8. The summed E-state index contributed by atoms with van der Waals surface area (Å²) in [6, 6.07) is 2.57. The summed E-state index contributed by atoms with van der Waals surface area (Å²) in [5.41, 5.74) is -0.399. The molecule has 0 fully saturated rings. The molecule has 0 aromatic carbocycles. The van der Waals surface area contributed by atoms with Crippen molar-refractivity contribution in [3.8, 4) is 0 Å². The highest BCUT2D eigenvalue weighted by atomic mass is 16.5. The number of aromatic nitrogens is 3. The molecule has 0 spiro atoms. The van der Waals surface area contributed by atoms with Crippen LogP contribution in [0.2, 0.25) is 0 Å². The Morgan fingerprint density at radius 3 is 2.94 bits per heavy atom. The summed E-state index contributed by atoms with van der Waals surface area (Å²) in [7, 11) is 0. The Balaban J connectivity index is 2.13. The minimum absolute atomic E-state index is 0.0422. The fraction of sp³-hybridized carbons (Fsp3) is 0.273. The van der Waals surface area contributed by atoms with Crippen LogP contribution in [0.5, 0.6) is 0 Å². The van der Waals surface area contributed by atoms with Gasteiger partial charge in [-0.3, -0.25) is 9.59 Å². The maximum absolute atomic E-state index is 11.8. The van der Waals surface area contributed by atoms with E-state index in [-0.39, 0.29) is 5.56 Å². The molecular formula is C11H12N4O3. The second-order valence-corrected chi connectivity index (χ2v) is 3.79. The minimum atomic E-state index is -0.486. The standard InChI is InChI=1S/C11H12N4O3/c1-6(11-14-7(2)15-18-11)13-10(17)8-4-3-5-12-9(8)16/h3-6H,1-2H3,(H,12,16)(H,13,17)/t6-/m1/s1. The van der Waals surface area contributed by atoms with E-state index in [0.29, 0.717) is 11.7 Å². The number of aryl methyl sites for hydroxylation is 1. The predicted molar refractivity (Wildman–Crippen MR) is 62.0 cm³/mol. The van der Waals surface area contributed by atoms with Gasteiger partial charge in [0.15, 0.2) is 5.82 Å². The summed E-state index contributed by atoms with van der Waals surface area (Å²) >= 11 is 0. The Labute approximate surface area is 102 Å². The summed E-state index contributed by atoms with van der Waals surface area (Å²) in [6.07, 6.45) is 1.46. The van der Waals surface area contributed by atoms with E-state index in [4.69, 9.17) is 4.52 Å². The van der Waals surface area contributed by atoms with E-state index in [2.05, 4.69) is 20.4 Å². The van der Waals surface area contributed by atoms with E-state index in [9.17, 15) is 9.59 Å². The van der Waals surface area contributed by atoms with Crippen LogP contribution >= 0.6 is 0 Å². The fourth-order valence-corrected chi connectivity index (χ4v) is 1.43. The van der Waals surface area contributed by atoms with Crippen molar-refractivity contribution in [1.29, 1.82) is 0 Å². The molecule has 1 atom stereocenters. The monoisotopic (exact) mass is 248 g/mol. The summed E-state index contributed by atoms with van der Waals surface area (Å²) in [4.78, 5) is 29.7. The fourth-order valence-electron chi connectivity index (χ4n) is 1.43. The molecule has 0 saturated heterocycles. The Kier molecular flexibility index (Phi) is 3.22. The largest absolute Gasteiger partial charge is 0.340 e. The van der Waals surface area contributed by atoms with Crippen LogP contribution in [0.25, 0.3) is 0 Å². The van der Waals surface area contributed by atoms with Gasteiger partial charge in [-0.05, 0) is 26.0 Å². The quantitative estimate of drug-likeness (QED) is 0.826. The lowest BCUT2D eigenvalue weighted by Crippen LogP contribution is -2.31. The highest BCUT2D eigenvalue weighted by molar-refractivity contribution is 5.93. The first-order valence-electron chi connectivity index (χ1n) is 5.36. The number of H-pyrrole nitrogens is 1. The normalized spacial score (nSPS) is 12.1. The number of amides is 1. The number of carbonyl (C=O) groups is 1. The highest BCUT2D eigenvalue weighted by Gasteiger charge is 2.17. The molecule has 2 aromatic rings. The molecule has 1 amide bonds. The molecule has 7 nitrogen and oxygen atoms in total. The predicted octanol–water partition coefficient (Wildman–Crippen LogP) is 0.557. The SMILES string of the molecule is Cc1noc([C@@H](C)NC(=O)c2ccc[nH]c2=O)n1. The molecule has 2 aromatic heterocycles. The van der Waals surface area contributed by atoms with Gasteiger partial charge in [0, 0.05) is 6.20 Å². The van der Waals surface area contributed by atoms with Crippen molar-refractivity contribution < 1.29 is 9.32 Å². The number of aromatic amines is 1. The highest BCUT2D eigenvalue weighted by Crippen LogP contribution is 2.09. The molecule has 0 radical (unpaired) electrons. The van der Waals surface area contributed by atoms with Gasteiger partial charge in [0.05, 0.1) is 0 Å². The van der Waals surface area contributed by atoms with Crippen molar-refractivity contribution in [2.24, 2.45) is 0 Å². The summed E-state index contributed by atoms with van der Waals surface area (Å²) in [5.74, 6) is 0.303. The van der Waals surface area contributed by atoms with Crippen LogP contribution in [0, 0.1) is 6.92 Å². The van der Waals surface area contributed by atoms with Crippen LogP contribution in [-0.4, -0.2) is 21.0 Å². The van der Waals surface area contributed by atoms with Gasteiger partial charge in [-0.15, -0.1) is 0 Å². The van der Waals surface area contributed by atoms with Gasteiger partial charge >= 0.3 is 0 Å². The maximum Gasteiger partial charge on any atom is 0.260 e. The van der Waals surface area contributed by atoms with Crippen molar-refractivity contribution in [2.75, 3.05) is 0 Å². The zero-order valence-electron chi connectivity index (χ0n) is 9.93. The average molecular weight is 248 g/mol. The first-order chi connectivity index (χ1) is 8.58. The van der Waals surface area contributed by atoms with Gasteiger partial charge in [-0.2, -0.15) is 4.98 Å². The third-order valence-electron chi connectivity index (χ3n) is 2.32. The molecule has 0 saturated carbocycles. The summed E-state index contributed by atoms with van der Waals surface area (Å²) in [5, 5.41) is 6.24. The van der Waals surface area contributed by atoms with Crippen molar-refractivity contribution in [1.82, 2.24) is 20.4 Å². The summed E-state index contributed by atoms with van der Waals surface area (Å²) in [6.45, 7) is 3.38. The van der Waals surface area contributed by atoms with Crippen LogP contribution in [-0.2, 0) is 0 Å². The van der Waals surface area contributed by atoms with E-state index in [1.807, 2.05) is 0 Å². The number of nitrogens with one attached hydrogen (secondary N) is 2. The number of pyridine rings is 1. The third kappa shape index (κ3) is 2.45. The number of hydrogen-bond donors (Lipinski definition) is 2. The molecular weight excluding hydrogens is 236 g/mol. The second-order valence-electron chi connectivity index (χ2n) is 3.79. The van der Waals surface area contributed by atoms with Gasteiger partial charge in [0.25, 0.3) is 11.5 Å².